The SMILES string of the molecule is CC.CC.CCc1cc[c-]c(-c2[c-]cccc2CC)c1.[Y]. The summed E-state index contributed by atoms with van der Waals surface area (Å²) >= 11 is 0. The summed E-state index contributed by atoms with van der Waals surface area (Å²) in [7, 11) is 0. The Labute approximate surface area is 157 Å². The van der Waals surface area contributed by atoms with Crippen molar-refractivity contribution in [2.24, 2.45) is 0 Å². The average Bonchev–Trinajstić information content (AvgIpc) is 2.58. The summed E-state index contributed by atoms with van der Waals surface area (Å²) in [5.74, 6) is 0. The van der Waals surface area contributed by atoms with Gasteiger partial charge in [0, 0.05) is 32.7 Å². The normalized spacial score (nSPS) is 8.48. The Bertz CT molecular complexity index is 475. The van der Waals surface area contributed by atoms with Crippen LogP contribution in [0.15, 0.2) is 36.4 Å². The first-order valence-electron chi connectivity index (χ1n) is 7.85. The third kappa shape index (κ3) is 7.38. The van der Waals surface area contributed by atoms with Gasteiger partial charge in [-0.2, -0.15) is 42.0 Å². The molecule has 1 radical (unpaired) electrons. The van der Waals surface area contributed by atoms with Gasteiger partial charge in [-0.3, -0.25) is 0 Å². The molecule has 113 valence electrons. The molecule has 0 spiro atoms. The fourth-order valence-corrected chi connectivity index (χ4v) is 1.90. The van der Waals surface area contributed by atoms with E-state index in [0.29, 0.717) is 0 Å². The third-order valence-electron chi connectivity index (χ3n) is 2.87. The fourth-order valence-electron chi connectivity index (χ4n) is 1.90. The van der Waals surface area contributed by atoms with Gasteiger partial charge in [0.1, 0.15) is 0 Å². The zero-order chi connectivity index (χ0) is 15.4. The van der Waals surface area contributed by atoms with E-state index >= 15 is 0 Å². The molecule has 0 heterocycles. The van der Waals surface area contributed by atoms with Crippen LogP contribution in [-0.4, -0.2) is 0 Å². The Morgan fingerprint density at radius 2 is 1.52 bits per heavy atom. The van der Waals surface area contributed by atoms with E-state index in [9.17, 15) is 0 Å². The van der Waals surface area contributed by atoms with Crippen molar-refractivity contribution in [2.45, 2.75) is 54.4 Å². The summed E-state index contributed by atoms with van der Waals surface area (Å²) in [5.41, 5.74) is 5.05. The van der Waals surface area contributed by atoms with Crippen LogP contribution in [0.25, 0.3) is 11.1 Å². The van der Waals surface area contributed by atoms with Crippen molar-refractivity contribution in [1.29, 1.82) is 0 Å². The number of rotatable bonds is 3. The van der Waals surface area contributed by atoms with Crippen LogP contribution >= 0.6 is 0 Å². The summed E-state index contributed by atoms with van der Waals surface area (Å²) in [6.45, 7) is 12.4. The molecule has 0 N–H and O–H groups in total. The Hall–Kier alpha value is -0.456. The van der Waals surface area contributed by atoms with E-state index in [4.69, 9.17) is 0 Å². The molecule has 0 aliphatic heterocycles. The fraction of sp³-hybridized carbons (Fsp3) is 0.400. The van der Waals surface area contributed by atoms with Crippen molar-refractivity contribution in [1.82, 2.24) is 0 Å². The van der Waals surface area contributed by atoms with Gasteiger partial charge in [-0.1, -0.05) is 48.0 Å². The predicted octanol–water partition coefficient (Wildman–Crippen LogP) is 6.13. The molecule has 2 aromatic rings. The van der Waals surface area contributed by atoms with Crippen molar-refractivity contribution >= 4 is 0 Å². The Morgan fingerprint density at radius 1 is 0.857 bits per heavy atom. The van der Waals surface area contributed by atoms with E-state index in [2.05, 4.69) is 44.2 Å². The zero-order valence-electron chi connectivity index (χ0n) is 14.5. The quantitative estimate of drug-likeness (QED) is 0.580. The van der Waals surface area contributed by atoms with Gasteiger partial charge in [-0.15, -0.1) is 17.7 Å². The Balaban J connectivity index is 0. The summed E-state index contributed by atoms with van der Waals surface area (Å²) in [5, 5.41) is 0. The topological polar surface area (TPSA) is 0 Å². The standard InChI is InChI=1S/C16H16.2C2H6.Y/c1-3-13-8-7-10-15(12-13)16-11-6-5-9-14(16)4-2;2*1-2;/h5-9,12H,3-4H2,1-2H3;2*1-2H3;/q-2;;;. The second-order valence-corrected chi connectivity index (χ2v) is 3.89. The van der Waals surface area contributed by atoms with Crippen molar-refractivity contribution in [3.8, 4) is 11.1 Å². The van der Waals surface area contributed by atoms with Crippen molar-refractivity contribution < 1.29 is 32.7 Å². The van der Waals surface area contributed by atoms with Crippen LogP contribution in [0.2, 0.25) is 0 Å². The molecular formula is C20H28Y-2. The third-order valence-corrected chi connectivity index (χ3v) is 2.87. The minimum Gasteiger partial charge on any atom is -0.226 e. The molecule has 0 atom stereocenters. The molecule has 0 nitrogen and oxygen atoms in total. The average molecular weight is 357 g/mol. The van der Waals surface area contributed by atoms with Crippen LogP contribution in [0.4, 0.5) is 0 Å². The molecular weight excluding hydrogens is 329 g/mol. The number of hydrogen-bond acceptors (Lipinski definition) is 0. The van der Waals surface area contributed by atoms with Gasteiger partial charge in [0.05, 0.1) is 0 Å². The largest absolute Gasteiger partial charge is 0.226 e. The molecule has 0 saturated carbocycles. The van der Waals surface area contributed by atoms with E-state index in [0.717, 1.165) is 18.4 Å². The van der Waals surface area contributed by atoms with Crippen molar-refractivity contribution in [3.63, 3.8) is 0 Å². The first-order valence-corrected chi connectivity index (χ1v) is 7.85. The predicted molar refractivity (Wildman–Crippen MR) is 91.0 cm³/mol. The first kappa shape index (κ1) is 22.8. The molecule has 2 rings (SSSR count). The summed E-state index contributed by atoms with van der Waals surface area (Å²) < 4.78 is 0. The first-order chi connectivity index (χ1) is 9.85. The van der Waals surface area contributed by atoms with Crippen LogP contribution in [0.3, 0.4) is 0 Å². The van der Waals surface area contributed by atoms with E-state index in [1.54, 1.807) is 0 Å². The van der Waals surface area contributed by atoms with Gasteiger partial charge in [0.25, 0.3) is 0 Å². The van der Waals surface area contributed by atoms with E-state index in [1.165, 1.54) is 16.7 Å². The zero-order valence-corrected chi connectivity index (χ0v) is 17.3. The number of benzene rings is 2. The molecule has 0 aliphatic rings. The second kappa shape index (κ2) is 14.5. The number of aryl methyl sites for hydroxylation is 2. The monoisotopic (exact) mass is 357 g/mol. The van der Waals surface area contributed by atoms with Gasteiger partial charge in [0.2, 0.25) is 0 Å². The van der Waals surface area contributed by atoms with Gasteiger partial charge in [-0.05, 0) is 6.42 Å². The van der Waals surface area contributed by atoms with Gasteiger partial charge in [0.15, 0.2) is 0 Å². The van der Waals surface area contributed by atoms with E-state index < -0.39 is 0 Å². The molecule has 0 amide bonds. The smallest absolute Gasteiger partial charge is 0 e. The molecule has 0 bridgehead atoms. The van der Waals surface area contributed by atoms with Crippen LogP contribution in [0.5, 0.6) is 0 Å². The van der Waals surface area contributed by atoms with Crippen LogP contribution in [-0.2, 0) is 45.6 Å². The minimum absolute atomic E-state index is 0. The Morgan fingerprint density at radius 3 is 2.10 bits per heavy atom. The van der Waals surface area contributed by atoms with Crippen molar-refractivity contribution in [2.75, 3.05) is 0 Å². The van der Waals surface area contributed by atoms with Crippen LogP contribution < -0.4 is 0 Å². The molecule has 0 unspecified atom stereocenters. The minimum atomic E-state index is 0. The molecule has 0 aliphatic carbocycles. The summed E-state index contributed by atoms with van der Waals surface area (Å²) in [6.07, 6.45) is 2.10. The number of hydrogen-bond donors (Lipinski definition) is 0. The summed E-state index contributed by atoms with van der Waals surface area (Å²) in [6, 6.07) is 19.2. The van der Waals surface area contributed by atoms with Crippen molar-refractivity contribution in [3.05, 3.63) is 59.7 Å². The molecule has 1 heteroatoms. The van der Waals surface area contributed by atoms with Gasteiger partial charge >= 0.3 is 0 Å². The van der Waals surface area contributed by atoms with Gasteiger partial charge < -0.3 is 0 Å². The van der Waals surface area contributed by atoms with E-state index in [-0.39, 0.29) is 32.7 Å². The maximum absolute atomic E-state index is 3.32. The van der Waals surface area contributed by atoms with Gasteiger partial charge in [-0.25, -0.2) is 11.1 Å². The maximum Gasteiger partial charge on any atom is 0 e. The molecule has 0 aromatic heterocycles. The Kier molecular flexibility index (Phi) is 15.7. The van der Waals surface area contributed by atoms with Crippen LogP contribution in [0.1, 0.15) is 52.7 Å². The second-order valence-electron chi connectivity index (χ2n) is 3.89. The molecule has 0 fully saturated rings. The van der Waals surface area contributed by atoms with Crippen LogP contribution in [0, 0.1) is 12.1 Å². The molecule has 0 saturated heterocycles. The molecule has 2 aromatic carbocycles. The summed E-state index contributed by atoms with van der Waals surface area (Å²) in [4.78, 5) is 0. The molecule has 21 heavy (non-hydrogen) atoms. The maximum atomic E-state index is 3.32. The van der Waals surface area contributed by atoms with E-state index in [1.807, 2.05) is 45.9 Å².